The number of phenolic OH excluding ortho intramolecular Hbond substituents is 3. The van der Waals surface area contributed by atoms with Crippen LogP contribution in [-0.4, -0.2) is 249 Å². The summed E-state index contributed by atoms with van der Waals surface area (Å²) in [6, 6.07) is 10.9. The van der Waals surface area contributed by atoms with Gasteiger partial charge in [-0.15, -0.1) is 0 Å². The number of fused-ring (bicyclic) bond motifs is 1. The maximum absolute atomic E-state index is 13.2. The summed E-state index contributed by atoms with van der Waals surface area (Å²) in [4.78, 5) is 13.2. The summed E-state index contributed by atoms with van der Waals surface area (Å²) in [5, 5.41) is 179. The van der Waals surface area contributed by atoms with Gasteiger partial charge in [-0.05, 0) is 35.9 Å². The van der Waals surface area contributed by atoms with Crippen LogP contribution in [0.2, 0.25) is 0 Å². The number of aromatic hydroxyl groups is 3. The molecule has 4 saturated heterocycles. The topological polar surface area (TPSA) is 465 Å². The SMILES string of the molecule is COc1cc(-c2[o+]c3cc(O)cc(O[C@@H]4O[C@H](CO)[C@@H](O)[C@H](O)[C@H]4O)c3cc2O[C@@H]2O[C@H](COC(=O)/C=C/c3ccc(O[C@@H]4O[C@H](CO)[C@@H](O)[C@H](O)[C@H]4O)c(O)c3)[C@@H](O)[C@H](O)[C@H]2O[C@@H]2O[C@H](CO)[C@@H](O)[C@H](O)[C@H]2O)ccc1O. The van der Waals surface area contributed by atoms with Crippen LogP contribution in [0.5, 0.6) is 40.2 Å². The van der Waals surface area contributed by atoms with Gasteiger partial charge in [0.1, 0.15) is 115 Å². The van der Waals surface area contributed by atoms with Gasteiger partial charge in [-0.2, -0.15) is 0 Å². The number of methoxy groups -OCH3 is 1. The van der Waals surface area contributed by atoms with Crippen LogP contribution in [0.4, 0.5) is 0 Å². The van der Waals surface area contributed by atoms with E-state index in [0.717, 1.165) is 24.3 Å². The third-order valence-electron chi connectivity index (χ3n) is 13.2. The van der Waals surface area contributed by atoms with Crippen molar-refractivity contribution in [2.24, 2.45) is 0 Å². The number of ether oxygens (including phenoxy) is 10. The molecule has 29 heteroatoms. The van der Waals surface area contributed by atoms with Gasteiger partial charge in [0.2, 0.25) is 24.6 Å². The van der Waals surface area contributed by atoms with Crippen LogP contribution < -0.4 is 18.9 Å². The number of aliphatic hydroxyl groups is 14. The summed E-state index contributed by atoms with van der Waals surface area (Å²) >= 11 is 0. The number of aliphatic hydroxyl groups excluding tert-OH is 14. The Labute approximate surface area is 439 Å². The van der Waals surface area contributed by atoms with Crippen molar-refractivity contribution in [1.82, 2.24) is 0 Å². The first-order valence-corrected chi connectivity index (χ1v) is 23.9. The summed E-state index contributed by atoms with van der Waals surface area (Å²) in [5.41, 5.74) is 0.0885. The quantitative estimate of drug-likeness (QED) is 0.0268. The molecule has 0 unspecified atom stereocenters. The molecule has 4 fully saturated rings. The molecule has 1 aromatic heterocycles. The number of carbonyl (C=O) groups is 1. The van der Waals surface area contributed by atoms with Gasteiger partial charge in [-0.25, -0.2) is 9.21 Å². The Kier molecular flexibility index (Phi) is 18.4. The Hall–Kier alpha value is -5.88. The maximum atomic E-state index is 13.2. The normalized spacial score (nSPS) is 35.3. The molecule has 8 rings (SSSR count). The van der Waals surface area contributed by atoms with Gasteiger partial charge in [0.15, 0.2) is 35.4 Å². The van der Waals surface area contributed by atoms with E-state index in [9.17, 15) is 91.6 Å². The molecule has 0 radical (unpaired) electrons. The van der Waals surface area contributed by atoms with Crippen molar-refractivity contribution in [3.05, 3.63) is 66.2 Å². The summed E-state index contributed by atoms with van der Waals surface area (Å²) in [7, 11) is 1.25. The maximum Gasteiger partial charge on any atom is 0.402 e. The molecule has 4 aliphatic heterocycles. The Morgan fingerprint density at radius 2 is 1.08 bits per heavy atom. The third kappa shape index (κ3) is 12.1. The van der Waals surface area contributed by atoms with Crippen molar-refractivity contribution in [3.63, 3.8) is 0 Å². The molecule has 78 heavy (non-hydrogen) atoms. The lowest BCUT2D eigenvalue weighted by Gasteiger charge is -2.45. The summed E-state index contributed by atoms with van der Waals surface area (Å²) in [5.74, 6) is -3.75. The van der Waals surface area contributed by atoms with E-state index < -0.39 is 167 Å². The van der Waals surface area contributed by atoms with E-state index in [2.05, 4.69) is 0 Å². The molecule has 5 heterocycles. The van der Waals surface area contributed by atoms with E-state index in [0.29, 0.717) is 0 Å². The Balaban J connectivity index is 1.09. The zero-order valence-electron chi connectivity index (χ0n) is 40.7. The highest BCUT2D eigenvalue weighted by Crippen LogP contribution is 2.44. The summed E-state index contributed by atoms with van der Waals surface area (Å²) in [6.07, 6.45) is -34.2. The minimum atomic E-state index is -2.14. The van der Waals surface area contributed by atoms with Gasteiger partial charge in [0, 0.05) is 24.3 Å². The molecule has 4 aliphatic rings. The van der Waals surface area contributed by atoms with Crippen LogP contribution in [0.25, 0.3) is 28.4 Å². The minimum absolute atomic E-state index is 0.0850. The zero-order chi connectivity index (χ0) is 56.4. The molecule has 428 valence electrons. The Bertz CT molecular complexity index is 2720. The number of hydrogen-bond acceptors (Lipinski definition) is 28. The molecule has 0 saturated carbocycles. The monoisotopic (exact) mass is 1110 g/mol. The van der Waals surface area contributed by atoms with Crippen molar-refractivity contribution >= 4 is 23.0 Å². The van der Waals surface area contributed by atoms with Crippen LogP contribution in [-0.2, 0) is 33.2 Å². The fourth-order valence-electron chi connectivity index (χ4n) is 8.81. The second kappa shape index (κ2) is 24.6. The molecule has 3 aromatic carbocycles. The Morgan fingerprint density at radius 3 is 1.65 bits per heavy atom. The van der Waals surface area contributed by atoms with E-state index in [4.69, 9.17) is 51.8 Å². The first-order chi connectivity index (χ1) is 37.2. The predicted octanol–water partition coefficient (Wildman–Crippen LogP) is -4.87. The lowest BCUT2D eigenvalue weighted by molar-refractivity contribution is -0.357. The van der Waals surface area contributed by atoms with E-state index in [1.807, 2.05) is 0 Å². The highest BCUT2D eigenvalue weighted by atomic mass is 16.8. The van der Waals surface area contributed by atoms with Crippen LogP contribution in [0.1, 0.15) is 5.56 Å². The highest BCUT2D eigenvalue weighted by molar-refractivity contribution is 5.89. The highest BCUT2D eigenvalue weighted by Gasteiger charge is 2.53. The molecule has 29 nitrogen and oxygen atoms in total. The molecule has 0 bridgehead atoms. The smallest absolute Gasteiger partial charge is 0.402 e. The first-order valence-electron chi connectivity index (χ1n) is 23.9. The van der Waals surface area contributed by atoms with Gasteiger partial charge < -0.3 is 134 Å². The van der Waals surface area contributed by atoms with Gasteiger partial charge in [-0.1, -0.05) is 6.07 Å². The van der Waals surface area contributed by atoms with Crippen LogP contribution in [0.15, 0.2) is 65.1 Å². The van der Waals surface area contributed by atoms with E-state index in [1.54, 1.807) is 0 Å². The van der Waals surface area contributed by atoms with Gasteiger partial charge in [0.25, 0.3) is 0 Å². The molecule has 4 aromatic rings. The average molecular weight is 1110 g/mol. The number of phenols is 3. The molecule has 0 amide bonds. The number of benzene rings is 3. The lowest BCUT2D eigenvalue weighted by Crippen LogP contribution is -2.65. The second-order valence-corrected chi connectivity index (χ2v) is 18.4. The third-order valence-corrected chi connectivity index (χ3v) is 13.2. The number of hydrogen-bond donors (Lipinski definition) is 17. The van der Waals surface area contributed by atoms with Gasteiger partial charge in [0.05, 0.1) is 38.6 Å². The van der Waals surface area contributed by atoms with Crippen LogP contribution in [0.3, 0.4) is 0 Å². The van der Waals surface area contributed by atoms with Crippen molar-refractivity contribution in [1.29, 1.82) is 0 Å². The summed E-state index contributed by atoms with van der Waals surface area (Å²) < 4.78 is 63.1. The molecule has 0 aliphatic carbocycles. The van der Waals surface area contributed by atoms with Crippen molar-refractivity contribution in [3.8, 4) is 51.6 Å². The number of esters is 1. The Morgan fingerprint density at radius 1 is 0.538 bits per heavy atom. The molecular weight excluding hydrogens is 1050 g/mol. The predicted molar refractivity (Wildman–Crippen MR) is 253 cm³/mol. The molecule has 17 N–H and O–H groups in total. The van der Waals surface area contributed by atoms with Gasteiger partial charge in [-0.3, -0.25) is 0 Å². The lowest BCUT2D eigenvalue weighted by atomic mass is 9.97. The average Bonchev–Trinajstić information content (AvgIpc) is 3.44. The fraction of sp³-hybridized carbons (Fsp3) is 0.510. The summed E-state index contributed by atoms with van der Waals surface area (Å²) in [6.45, 7) is -3.29. The molecular formula is C49H59O29+. The standard InChI is InChI=1S/C49H58O29/c1-68-26-9-18(4-5-21(26)54)44-27(12-20-24(70-44)10-19(53)11-25(20)72-47-42(66)38(62)34(58)29(14-51)75-47)73-49-45(78-48-43(67)39(63)35(59)30(15-52)76-48)40(64)36(60)31(77-49)16-69-32(56)7-3-17-2-6-23(22(55)8-17)71-46-41(65)37(61)33(57)28(13-50)74-46/h2-12,28-31,33-43,45-52,57-67H,13-16H2,1H3,(H2-,53,54,55)/p+1/b7-3+/t28-,29-,30-,31-,33-,34-,35-,36-,37+,38+,39+,40+,41-,42-,43-,45-,46-,47-,48+,49-/m1/s1. The van der Waals surface area contributed by atoms with E-state index >= 15 is 0 Å². The fourth-order valence-corrected chi connectivity index (χ4v) is 8.81. The largest absolute Gasteiger partial charge is 0.507 e. The zero-order valence-corrected chi connectivity index (χ0v) is 40.7. The van der Waals surface area contributed by atoms with Crippen molar-refractivity contribution < 1.29 is 143 Å². The van der Waals surface area contributed by atoms with Crippen molar-refractivity contribution in [2.75, 3.05) is 33.5 Å². The van der Waals surface area contributed by atoms with Crippen LogP contribution >= 0.6 is 0 Å². The number of carbonyl (C=O) groups excluding carboxylic acids is 1. The first kappa shape index (κ1) is 58.3. The van der Waals surface area contributed by atoms with Gasteiger partial charge >= 0.3 is 17.3 Å². The molecule has 0 spiro atoms. The van der Waals surface area contributed by atoms with Crippen LogP contribution in [0, 0.1) is 0 Å². The minimum Gasteiger partial charge on any atom is -0.507 e. The number of rotatable bonds is 17. The molecule has 20 atom stereocenters. The van der Waals surface area contributed by atoms with Crippen molar-refractivity contribution in [2.45, 2.75) is 123 Å². The van der Waals surface area contributed by atoms with E-state index in [1.165, 1.54) is 49.6 Å². The second-order valence-electron chi connectivity index (χ2n) is 18.4. The van der Waals surface area contributed by atoms with E-state index in [-0.39, 0.29) is 56.6 Å².